The number of carbonyl (C=O) groups is 1. The van der Waals surface area contributed by atoms with Gasteiger partial charge in [-0.1, -0.05) is 6.07 Å². The predicted octanol–water partition coefficient (Wildman–Crippen LogP) is 2.38. The summed E-state index contributed by atoms with van der Waals surface area (Å²) in [6.07, 6.45) is 0. The number of piperazine rings is 1. The number of nitrogens with zero attached hydrogens (tertiary/aromatic N) is 1. The zero-order chi connectivity index (χ0) is 13.8. The number of carbonyl (C=O) groups excluding carboxylic acids is 1. The summed E-state index contributed by atoms with van der Waals surface area (Å²) in [6.45, 7) is 9.89. The highest BCUT2D eigenvalue weighted by atomic mass is 35.5. The zero-order valence-electron chi connectivity index (χ0n) is 12.8. The van der Waals surface area contributed by atoms with Gasteiger partial charge in [0.1, 0.15) is 0 Å². The fraction of sp³-hybridized carbons (Fsp3) is 0.533. The third kappa shape index (κ3) is 5.47. The second-order valence-electron chi connectivity index (χ2n) is 5.25. The number of rotatable bonds is 3. The molecule has 1 saturated heterocycles. The minimum atomic E-state index is -0.0799. The lowest BCUT2D eigenvalue weighted by Gasteiger charge is -2.31. The highest BCUT2D eigenvalue weighted by molar-refractivity contribution is 5.94. The van der Waals surface area contributed by atoms with Crippen molar-refractivity contribution in [1.82, 2.24) is 10.2 Å². The summed E-state index contributed by atoms with van der Waals surface area (Å²) in [7, 11) is 0. The van der Waals surface area contributed by atoms with Crippen molar-refractivity contribution in [3.05, 3.63) is 29.3 Å². The number of aryl methyl sites for hydroxylation is 2. The van der Waals surface area contributed by atoms with E-state index in [1.54, 1.807) is 0 Å². The standard InChI is InChI=1S/C15H23N3O.2ClH/c1-11-4-5-14(10-12(11)2)17-15(19)13(3)18-8-6-16-7-9-18;;/h4-5,10,13,16H,6-9H2,1-3H3,(H,17,19);2*1H. The smallest absolute Gasteiger partial charge is 0.241 e. The highest BCUT2D eigenvalue weighted by Crippen LogP contribution is 2.15. The van der Waals surface area contributed by atoms with Crippen molar-refractivity contribution >= 4 is 36.4 Å². The van der Waals surface area contributed by atoms with E-state index in [0.717, 1.165) is 31.9 Å². The second-order valence-corrected chi connectivity index (χ2v) is 5.25. The highest BCUT2D eigenvalue weighted by Gasteiger charge is 2.22. The summed E-state index contributed by atoms with van der Waals surface area (Å²) in [5.74, 6) is 0.0742. The maximum Gasteiger partial charge on any atom is 0.241 e. The number of amides is 1. The molecule has 0 aromatic heterocycles. The second kappa shape index (κ2) is 9.26. The van der Waals surface area contributed by atoms with E-state index in [1.165, 1.54) is 11.1 Å². The third-order valence-electron chi connectivity index (χ3n) is 3.85. The van der Waals surface area contributed by atoms with Crippen LogP contribution in [-0.2, 0) is 4.79 Å². The Hall–Kier alpha value is -0.810. The molecule has 1 atom stereocenters. The molecule has 1 fully saturated rings. The number of nitrogens with one attached hydrogen (secondary N) is 2. The molecule has 1 heterocycles. The van der Waals surface area contributed by atoms with Gasteiger partial charge in [0.05, 0.1) is 6.04 Å². The van der Waals surface area contributed by atoms with Gasteiger partial charge in [0.2, 0.25) is 5.91 Å². The van der Waals surface area contributed by atoms with Crippen LogP contribution in [0.2, 0.25) is 0 Å². The van der Waals surface area contributed by atoms with Gasteiger partial charge in [-0.2, -0.15) is 0 Å². The number of anilines is 1. The van der Waals surface area contributed by atoms with Crippen LogP contribution in [0.15, 0.2) is 18.2 Å². The van der Waals surface area contributed by atoms with Crippen molar-refractivity contribution in [3.63, 3.8) is 0 Å². The van der Waals surface area contributed by atoms with E-state index in [1.807, 2.05) is 25.1 Å². The molecule has 4 nitrogen and oxygen atoms in total. The van der Waals surface area contributed by atoms with Crippen molar-refractivity contribution in [2.75, 3.05) is 31.5 Å². The molecule has 1 unspecified atom stereocenters. The van der Waals surface area contributed by atoms with Crippen LogP contribution in [0.25, 0.3) is 0 Å². The largest absolute Gasteiger partial charge is 0.325 e. The van der Waals surface area contributed by atoms with Crippen LogP contribution in [0, 0.1) is 13.8 Å². The lowest BCUT2D eigenvalue weighted by molar-refractivity contribution is -0.120. The van der Waals surface area contributed by atoms with E-state index in [2.05, 4.69) is 29.4 Å². The molecule has 2 rings (SSSR count). The van der Waals surface area contributed by atoms with Crippen LogP contribution in [0.3, 0.4) is 0 Å². The monoisotopic (exact) mass is 333 g/mol. The first-order chi connectivity index (χ1) is 9.08. The molecule has 0 aliphatic carbocycles. The summed E-state index contributed by atoms with van der Waals surface area (Å²) < 4.78 is 0. The maximum atomic E-state index is 12.2. The molecular weight excluding hydrogens is 309 g/mol. The minimum Gasteiger partial charge on any atom is -0.325 e. The van der Waals surface area contributed by atoms with Gasteiger partial charge in [-0.25, -0.2) is 0 Å². The SMILES string of the molecule is Cc1ccc(NC(=O)C(C)N2CCNCC2)cc1C.Cl.Cl. The molecule has 0 radical (unpaired) electrons. The Morgan fingerprint density at radius 2 is 1.81 bits per heavy atom. The Balaban J connectivity index is 0.00000200. The molecule has 1 aromatic rings. The molecule has 1 amide bonds. The van der Waals surface area contributed by atoms with Crippen LogP contribution in [0.5, 0.6) is 0 Å². The summed E-state index contributed by atoms with van der Waals surface area (Å²) in [5, 5.41) is 6.30. The van der Waals surface area contributed by atoms with Crippen LogP contribution in [0.1, 0.15) is 18.1 Å². The van der Waals surface area contributed by atoms with Crippen LogP contribution in [-0.4, -0.2) is 43.0 Å². The topological polar surface area (TPSA) is 44.4 Å². The molecule has 1 aliphatic heterocycles. The van der Waals surface area contributed by atoms with Gasteiger partial charge in [-0.15, -0.1) is 24.8 Å². The first-order valence-corrected chi connectivity index (χ1v) is 6.91. The molecule has 2 N–H and O–H groups in total. The molecule has 0 saturated carbocycles. The van der Waals surface area contributed by atoms with Gasteiger partial charge in [-0.05, 0) is 44.0 Å². The van der Waals surface area contributed by atoms with Crippen molar-refractivity contribution < 1.29 is 4.79 Å². The average Bonchev–Trinajstić information content (AvgIpc) is 2.43. The Labute approximate surface area is 139 Å². The van der Waals surface area contributed by atoms with Crippen molar-refractivity contribution in [1.29, 1.82) is 0 Å². The Kier molecular flexibility index (Phi) is 8.90. The molecule has 0 bridgehead atoms. The van der Waals surface area contributed by atoms with Gasteiger partial charge in [0.15, 0.2) is 0 Å². The minimum absolute atomic E-state index is 0. The quantitative estimate of drug-likeness (QED) is 0.892. The van der Waals surface area contributed by atoms with E-state index < -0.39 is 0 Å². The van der Waals surface area contributed by atoms with E-state index in [0.29, 0.717) is 0 Å². The fourth-order valence-electron chi connectivity index (χ4n) is 2.30. The number of hydrogen-bond donors (Lipinski definition) is 2. The number of halogens is 2. The average molecular weight is 334 g/mol. The molecule has 0 spiro atoms. The van der Waals surface area contributed by atoms with Gasteiger partial charge in [-0.3, -0.25) is 9.69 Å². The van der Waals surface area contributed by atoms with Crippen molar-refractivity contribution in [2.45, 2.75) is 26.8 Å². The summed E-state index contributed by atoms with van der Waals surface area (Å²) in [5.41, 5.74) is 3.33. The van der Waals surface area contributed by atoms with Gasteiger partial charge < -0.3 is 10.6 Å². The normalized spacial score (nSPS) is 16.3. The Morgan fingerprint density at radius 3 is 2.38 bits per heavy atom. The lowest BCUT2D eigenvalue weighted by atomic mass is 10.1. The van der Waals surface area contributed by atoms with Gasteiger partial charge in [0, 0.05) is 31.9 Å². The van der Waals surface area contributed by atoms with E-state index >= 15 is 0 Å². The molecule has 21 heavy (non-hydrogen) atoms. The maximum absolute atomic E-state index is 12.2. The molecular formula is C15H25Cl2N3O. The van der Waals surface area contributed by atoms with E-state index in [-0.39, 0.29) is 36.8 Å². The summed E-state index contributed by atoms with van der Waals surface area (Å²) in [6, 6.07) is 5.95. The van der Waals surface area contributed by atoms with E-state index in [4.69, 9.17) is 0 Å². The van der Waals surface area contributed by atoms with Crippen LogP contribution < -0.4 is 10.6 Å². The molecule has 120 valence electrons. The zero-order valence-corrected chi connectivity index (χ0v) is 14.4. The van der Waals surface area contributed by atoms with Crippen molar-refractivity contribution in [2.24, 2.45) is 0 Å². The summed E-state index contributed by atoms with van der Waals surface area (Å²) in [4.78, 5) is 14.4. The lowest BCUT2D eigenvalue weighted by Crippen LogP contribution is -2.51. The first-order valence-electron chi connectivity index (χ1n) is 6.91. The first kappa shape index (κ1) is 20.2. The molecule has 1 aliphatic rings. The third-order valence-corrected chi connectivity index (χ3v) is 3.85. The number of hydrogen-bond acceptors (Lipinski definition) is 3. The predicted molar refractivity (Wildman–Crippen MR) is 92.9 cm³/mol. The molecule has 6 heteroatoms. The fourth-order valence-corrected chi connectivity index (χ4v) is 2.30. The van der Waals surface area contributed by atoms with Crippen LogP contribution in [0.4, 0.5) is 5.69 Å². The van der Waals surface area contributed by atoms with Crippen LogP contribution >= 0.6 is 24.8 Å². The molecule has 1 aromatic carbocycles. The van der Waals surface area contributed by atoms with Gasteiger partial charge >= 0.3 is 0 Å². The van der Waals surface area contributed by atoms with Crippen molar-refractivity contribution in [3.8, 4) is 0 Å². The Bertz CT molecular complexity index is 462. The van der Waals surface area contributed by atoms with Gasteiger partial charge in [0.25, 0.3) is 0 Å². The Morgan fingerprint density at radius 1 is 1.19 bits per heavy atom. The van der Waals surface area contributed by atoms with E-state index in [9.17, 15) is 4.79 Å². The number of benzene rings is 1. The summed E-state index contributed by atoms with van der Waals surface area (Å²) >= 11 is 0.